The highest BCUT2D eigenvalue weighted by Crippen LogP contribution is 2.04. The Bertz CT molecular complexity index is 355. The monoisotopic (exact) mass is 255 g/mol. The van der Waals surface area contributed by atoms with Crippen molar-refractivity contribution < 1.29 is 24.3 Å². The molecule has 0 aromatic heterocycles. The maximum atomic E-state index is 11.6. The fourth-order valence-corrected chi connectivity index (χ4v) is 1.25. The predicted molar refractivity (Wildman–Crippen MR) is 63.5 cm³/mol. The zero-order chi connectivity index (χ0) is 14.1. The number of nitrogens with zero attached hydrogens (tertiary/aromatic N) is 1. The summed E-state index contributed by atoms with van der Waals surface area (Å²) >= 11 is 0. The molecule has 6 nitrogen and oxygen atoms in total. The van der Waals surface area contributed by atoms with Crippen LogP contribution in [0.3, 0.4) is 0 Å². The van der Waals surface area contributed by atoms with E-state index < -0.39 is 23.7 Å². The number of imide groups is 3. The van der Waals surface area contributed by atoms with E-state index in [9.17, 15) is 19.2 Å². The number of carboxylic acids is 1. The molecule has 100 valence electrons. The lowest BCUT2D eigenvalue weighted by molar-refractivity contribution is -0.152. The fourth-order valence-electron chi connectivity index (χ4n) is 1.25. The lowest BCUT2D eigenvalue weighted by atomic mass is 10.2. The van der Waals surface area contributed by atoms with E-state index in [1.54, 1.807) is 13.8 Å². The Morgan fingerprint density at radius 1 is 0.944 bits per heavy atom. The minimum atomic E-state index is -1.31. The van der Waals surface area contributed by atoms with Gasteiger partial charge >= 0.3 is 5.97 Å². The van der Waals surface area contributed by atoms with E-state index in [2.05, 4.69) is 0 Å². The highest BCUT2D eigenvalue weighted by atomic mass is 16.4. The van der Waals surface area contributed by atoms with Crippen LogP contribution in [0.1, 0.15) is 39.5 Å². The molecule has 0 aliphatic carbocycles. The van der Waals surface area contributed by atoms with Crippen molar-refractivity contribution in [1.29, 1.82) is 0 Å². The molecule has 0 unspecified atom stereocenters. The topological polar surface area (TPSA) is 91.8 Å². The van der Waals surface area contributed by atoms with Crippen molar-refractivity contribution in [2.45, 2.75) is 39.5 Å². The molecule has 18 heavy (non-hydrogen) atoms. The van der Waals surface area contributed by atoms with Crippen molar-refractivity contribution in [3.05, 3.63) is 12.2 Å². The Balaban J connectivity index is 4.96. The van der Waals surface area contributed by atoms with Crippen LogP contribution in [-0.4, -0.2) is 33.7 Å². The van der Waals surface area contributed by atoms with Crippen LogP contribution in [0.4, 0.5) is 0 Å². The van der Waals surface area contributed by atoms with Crippen LogP contribution in [0.15, 0.2) is 12.2 Å². The van der Waals surface area contributed by atoms with Gasteiger partial charge in [-0.3, -0.25) is 14.4 Å². The number of rotatable bonds is 6. The summed E-state index contributed by atoms with van der Waals surface area (Å²) in [4.78, 5) is 45.7. The van der Waals surface area contributed by atoms with Gasteiger partial charge in [-0.25, -0.2) is 9.69 Å². The van der Waals surface area contributed by atoms with Crippen molar-refractivity contribution in [2.75, 3.05) is 0 Å². The third-order valence-corrected chi connectivity index (χ3v) is 2.02. The first-order chi connectivity index (χ1) is 8.43. The summed E-state index contributed by atoms with van der Waals surface area (Å²) in [5, 5.41) is 8.40. The molecule has 0 radical (unpaired) electrons. The van der Waals surface area contributed by atoms with E-state index in [0.717, 1.165) is 0 Å². The highest BCUT2D eigenvalue weighted by Gasteiger charge is 2.25. The molecule has 0 aromatic rings. The van der Waals surface area contributed by atoms with Gasteiger partial charge in [0, 0.05) is 25.0 Å². The predicted octanol–water partition coefficient (Wildman–Crippen LogP) is 1.11. The third kappa shape index (κ3) is 5.38. The molecule has 0 atom stereocenters. The Morgan fingerprint density at radius 3 is 1.72 bits per heavy atom. The zero-order valence-electron chi connectivity index (χ0n) is 10.5. The third-order valence-electron chi connectivity index (χ3n) is 2.02. The number of carbonyl (C=O) groups excluding carboxylic acids is 3. The molecule has 1 N–H and O–H groups in total. The van der Waals surface area contributed by atoms with Gasteiger partial charge < -0.3 is 5.11 Å². The molecule has 0 aromatic carbocycles. The van der Waals surface area contributed by atoms with Crippen LogP contribution >= 0.6 is 0 Å². The summed E-state index contributed by atoms with van der Waals surface area (Å²) in [6.45, 7) is 3.50. The van der Waals surface area contributed by atoms with Crippen LogP contribution < -0.4 is 0 Å². The average Bonchev–Trinajstić information content (AvgIpc) is 2.27. The number of hydrogen-bond acceptors (Lipinski definition) is 4. The minimum Gasteiger partial charge on any atom is -0.478 e. The lowest BCUT2D eigenvalue weighted by Gasteiger charge is -2.16. The van der Waals surface area contributed by atoms with Gasteiger partial charge in [0.15, 0.2) is 0 Å². The normalized spacial score (nSPS) is 10.3. The van der Waals surface area contributed by atoms with E-state index >= 15 is 0 Å². The fraction of sp³-hybridized carbons (Fsp3) is 0.500. The molecule has 6 heteroatoms. The van der Waals surface area contributed by atoms with Crippen LogP contribution in [0.25, 0.3) is 0 Å². The molecular weight excluding hydrogens is 238 g/mol. The average molecular weight is 255 g/mol. The van der Waals surface area contributed by atoms with Crippen molar-refractivity contribution >= 4 is 23.7 Å². The standard InChI is InChI=1S/C12H17NO5/c1-3-5-9(14)13(10(15)6-4-2)11(16)7-8-12(17)18/h7-8H,3-6H2,1-2H3,(H,17,18)/b8-7+. The molecule has 0 heterocycles. The van der Waals surface area contributed by atoms with E-state index in [4.69, 9.17) is 5.11 Å². The number of aliphatic carboxylic acids is 1. The van der Waals surface area contributed by atoms with Gasteiger partial charge in [-0.2, -0.15) is 0 Å². The summed E-state index contributed by atoms with van der Waals surface area (Å²) in [6, 6.07) is 0. The highest BCUT2D eigenvalue weighted by molar-refractivity contribution is 6.14. The van der Waals surface area contributed by atoms with E-state index in [0.29, 0.717) is 29.9 Å². The second kappa shape index (κ2) is 8.16. The molecule has 3 amide bonds. The second-order valence-electron chi connectivity index (χ2n) is 3.63. The molecular formula is C12H17NO5. The van der Waals surface area contributed by atoms with E-state index in [-0.39, 0.29) is 12.8 Å². The maximum absolute atomic E-state index is 11.6. The second-order valence-corrected chi connectivity index (χ2v) is 3.63. The largest absolute Gasteiger partial charge is 0.478 e. The molecule has 0 spiro atoms. The molecule has 0 rings (SSSR count). The maximum Gasteiger partial charge on any atom is 0.328 e. The first-order valence-electron chi connectivity index (χ1n) is 5.74. The van der Waals surface area contributed by atoms with Crippen LogP contribution in [0, 0.1) is 0 Å². The smallest absolute Gasteiger partial charge is 0.328 e. The first kappa shape index (κ1) is 16.0. The Hall–Kier alpha value is -1.98. The van der Waals surface area contributed by atoms with Gasteiger partial charge in [0.1, 0.15) is 0 Å². The van der Waals surface area contributed by atoms with Crippen molar-refractivity contribution in [1.82, 2.24) is 4.90 Å². The number of carboxylic acid groups (broad SMARTS) is 1. The number of amides is 3. The Labute approximate surface area is 105 Å². The summed E-state index contributed by atoms with van der Waals surface area (Å²) in [7, 11) is 0. The SMILES string of the molecule is CCCC(=O)N(C(=O)/C=C/C(=O)O)C(=O)CCC. The lowest BCUT2D eigenvalue weighted by Crippen LogP contribution is -2.40. The quantitative estimate of drug-likeness (QED) is 0.718. The zero-order valence-corrected chi connectivity index (χ0v) is 10.5. The summed E-state index contributed by atoms with van der Waals surface area (Å²) in [6.07, 6.45) is 2.47. The molecule has 0 bridgehead atoms. The summed E-state index contributed by atoms with van der Waals surface area (Å²) < 4.78 is 0. The van der Waals surface area contributed by atoms with Gasteiger partial charge in [0.05, 0.1) is 0 Å². The van der Waals surface area contributed by atoms with E-state index in [1.807, 2.05) is 0 Å². The van der Waals surface area contributed by atoms with Gasteiger partial charge in [-0.1, -0.05) is 13.8 Å². The van der Waals surface area contributed by atoms with Crippen molar-refractivity contribution in [3.8, 4) is 0 Å². The molecule has 0 aliphatic rings. The Morgan fingerprint density at radius 2 is 1.39 bits per heavy atom. The van der Waals surface area contributed by atoms with Gasteiger partial charge in [-0.05, 0) is 12.8 Å². The molecule has 0 saturated heterocycles. The van der Waals surface area contributed by atoms with Gasteiger partial charge in [0.2, 0.25) is 11.8 Å². The molecule has 0 aliphatic heterocycles. The van der Waals surface area contributed by atoms with E-state index in [1.165, 1.54) is 0 Å². The number of carbonyl (C=O) groups is 4. The van der Waals surface area contributed by atoms with Crippen molar-refractivity contribution in [3.63, 3.8) is 0 Å². The molecule has 0 saturated carbocycles. The van der Waals surface area contributed by atoms with Crippen molar-refractivity contribution in [2.24, 2.45) is 0 Å². The van der Waals surface area contributed by atoms with Gasteiger partial charge in [-0.15, -0.1) is 0 Å². The molecule has 0 fully saturated rings. The summed E-state index contributed by atoms with van der Waals surface area (Å²) in [5.74, 6) is -3.42. The van der Waals surface area contributed by atoms with Gasteiger partial charge in [0.25, 0.3) is 5.91 Å². The Kier molecular flexibility index (Phi) is 7.26. The first-order valence-corrected chi connectivity index (χ1v) is 5.74. The number of hydrogen-bond donors (Lipinski definition) is 1. The summed E-state index contributed by atoms with van der Waals surface area (Å²) in [5.41, 5.74) is 0. The van der Waals surface area contributed by atoms with Crippen LogP contribution in [-0.2, 0) is 19.2 Å². The van der Waals surface area contributed by atoms with Crippen LogP contribution in [0.5, 0.6) is 0 Å². The van der Waals surface area contributed by atoms with Crippen LogP contribution in [0.2, 0.25) is 0 Å². The minimum absolute atomic E-state index is 0.0715.